The van der Waals surface area contributed by atoms with Crippen molar-refractivity contribution < 1.29 is 14.3 Å². The Morgan fingerprint density at radius 2 is 2.18 bits per heavy atom. The van der Waals surface area contributed by atoms with E-state index >= 15 is 0 Å². The Kier molecular flexibility index (Phi) is 6.43. The van der Waals surface area contributed by atoms with Gasteiger partial charge in [-0.3, -0.25) is 15.1 Å². The number of ether oxygens (including phenoxy) is 2. The highest BCUT2D eigenvalue weighted by Crippen LogP contribution is 2.16. The SMILES string of the molecule is CCOC1CCN(C(COC)C(=O)NN)CC1. The minimum absolute atomic E-state index is 0.193. The van der Waals surface area contributed by atoms with E-state index in [1.165, 1.54) is 0 Å². The van der Waals surface area contributed by atoms with Crippen LogP contribution in [0.3, 0.4) is 0 Å². The number of nitrogens with two attached hydrogens (primary N) is 1. The molecule has 1 rings (SSSR count). The minimum atomic E-state index is -0.299. The summed E-state index contributed by atoms with van der Waals surface area (Å²) in [7, 11) is 1.59. The van der Waals surface area contributed by atoms with Crippen LogP contribution in [0.1, 0.15) is 19.8 Å². The number of piperidine rings is 1. The van der Waals surface area contributed by atoms with Crippen LogP contribution in [-0.2, 0) is 14.3 Å². The van der Waals surface area contributed by atoms with Crippen LogP contribution in [0.4, 0.5) is 0 Å². The molecule has 1 saturated heterocycles. The predicted molar refractivity (Wildman–Crippen MR) is 64.2 cm³/mol. The molecule has 1 aliphatic rings. The van der Waals surface area contributed by atoms with Crippen molar-refractivity contribution in [1.82, 2.24) is 10.3 Å². The monoisotopic (exact) mass is 245 g/mol. The summed E-state index contributed by atoms with van der Waals surface area (Å²) >= 11 is 0. The second-order valence-electron chi connectivity index (χ2n) is 4.17. The highest BCUT2D eigenvalue weighted by Gasteiger charge is 2.29. The molecule has 1 fully saturated rings. The maximum Gasteiger partial charge on any atom is 0.253 e. The fourth-order valence-electron chi connectivity index (χ4n) is 2.19. The molecule has 1 amide bonds. The van der Waals surface area contributed by atoms with Gasteiger partial charge in [0.2, 0.25) is 0 Å². The van der Waals surface area contributed by atoms with E-state index in [-0.39, 0.29) is 11.9 Å². The first-order valence-electron chi connectivity index (χ1n) is 6.08. The van der Waals surface area contributed by atoms with Crippen LogP contribution in [0.25, 0.3) is 0 Å². The highest BCUT2D eigenvalue weighted by molar-refractivity contribution is 5.81. The molecule has 0 aromatic rings. The van der Waals surface area contributed by atoms with Crippen molar-refractivity contribution in [1.29, 1.82) is 0 Å². The van der Waals surface area contributed by atoms with Gasteiger partial charge in [0.15, 0.2) is 0 Å². The number of methoxy groups -OCH3 is 1. The number of hydrazine groups is 1. The van der Waals surface area contributed by atoms with Crippen molar-refractivity contribution in [2.75, 3.05) is 33.4 Å². The Hall–Kier alpha value is -0.690. The zero-order valence-corrected chi connectivity index (χ0v) is 10.6. The summed E-state index contributed by atoms with van der Waals surface area (Å²) in [5.41, 5.74) is 2.19. The summed E-state index contributed by atoms with van der Waals surface area (Å²) in [6, 6.07) is -0.299. The Morgan fingerprint density at radius 3 is 2.65 bits per heavy atom. The Bertz CT molecular complexity index is 230. The molecular weight excluding hydrogens is 222 g/mol. The fourth-order valence-corrected chi connectivity index (χ4v) is 2.19. The average Bonchev–Trinajstić information content (AvgIpc) is 2.37. The molecule has 1 unspecified atom stereocenters. The maximum atomic E-state index is 11.6. The number of carbonyl (C=O) groups is 1. The van der Waals surface area contributed by atoms with Crippen LogP contribution < -0.4 is 11.3 Å². The Labute approximate surface area is 102 Å². The highest BCUT2D eigenvalue weighted by atomic mass is 16.5. The lowest BCUT2D eigenvalue weighted by molar-refractivity contribution is -0.129. The van der Waals surface area contributed by atoms with Gasteiger partial charge in [0, 0.05) is 26.8 Å². The molecule has 0 spiro atoms. The first-order chi connectivity index (χ1) is 8.22. The number of carbonyl (C=O) groups excluding carboxylic acids is 1. The summed E-state index contributed by atoms with van der Waals surface area (Å²) in [6.45, 7) is 4.79. The Balaban J connectivity index is 2.45. The van der Waals surface area contributed by atoms with Crippen LogP contribution >= 0.6 is 0 Å². The molecule has 0 bridgehead atoms. The van der Waals surface area contributed by atoms with Gasteiger partial charge in [0.1, 0.15) is 6.04 Å². The van der Waals surface area contributed by atoms with Gasteiger partial charge in [-0.05, 0) is 19.8 Å². The van der Waals surface area contributed by atoms with Gasteiger partial charge in [-0.2, -0.15) is 0 Å². The topological polar surface area (TPSA) is 76.8 Å². The number of hydrogen-bond acceptors (Lipinski definition) is 5. The van der Waals surface area contributed by atoms with E-state index in [2.05, 4.69) is 10.3 Å². The zero-order valence-electron chi connectivity index (χ0n) is 10.6. The molecule has 6 nitrogen and oxygen atoms in total. The van der Waals surface area contributed by atoms with Crippen molar-refractivity contribution in [2.24, 2.45) is 5.84 Å². The van der Waals surface area contributed by atoms with Gasteiger partial charge in [-0.15, -0.1) is 0 Å². The molecule has 100 valence electrons. The molecule has 0 radical (unpaired) electrons. The lowest BCUT2D eigenvalue weighted by atomic mass is 10.1. The van der Waals surface area contributed by atoms with Crippen LogP contribution in [-0.4, -0.2) is 56.4 Å². The van der Waals surface area contributed by atoms with Crippen molar-refractivity contribution in [3.05, 3.63) is 0 Å². The van der Waals surface area contributed by atoms with Gasteiger partial charge in [0.05, 0.1) is 12.7 Å². The van der Waals surface area contributed by atoms with Crippen molar-refractivity contribution in [3.63, 3.8) is 0 Å². The average molecular weight is 245 g/mol. The summed E-state index contributed by atoms with van der Waals surface area (Å²) in [4.78, 5) is 13.7. The van der Waals surface area contributed by atoms with Crippen LogP contribution in [0.5, 0.6) is 0 Å². The van der Waals surface area contributed by atoms with Crippen LogP contribution in [0.15, 0.2) is 0 Å². The molecular formula is C11H23N3O3. The van der Waals surface area contributed by atoms with E-state index < -0.39 is 0 Å². The predicted octanol–water partition coefficient (Wildman–Crippen LogP) is -0.508. The molecule has 6 heteroatoms. The molecule has 0 aromatic carbocycles. The van der Waals surface area contributed by atoms with E-state index in [0.717, 1.165) is 32.5 Å². The van der Waals surface area contributed by atoms with Gasteiger partial charge in [-0.25, -0.2) is 5.84 Å². The number of nitrogens with one attached hydrogen (secondary N) is 1. The van der Waals surface area contributed by atoms with Gasteiger partial charge in [0.25, 0.3) is 5.91 Å². The maximum absolute atomic E-state index is 11.6. The first-order valence-corrected chi connectivity index (χ1v) is 6.08. The lowest BCUT2D eigenvalue weighted by Crippen LogP contribution is -2.54. The van der Waals surface area contributed by atoms with E-state index in [0.29, 0.717) is 12.7 Å². The third kappa shape index (κ3) is 4.23. The fraction of sp³-hybridized carbons (Fsp3) is 0.909. The van der Waals surface area contributed by atoms with Gasteiger partial charge in [-0.1, -0.05) is 0 Å². The molecule has 1 heterocycles. The van der Waals surface area contributed by atoms with E-state index in [1.807, 2.05) is 6.92 Å². The second-order valence-corrected chi connectivity index (χ2v) is 4.17. The third-order valence-corrected chi connectivity index (χ3v) is 3.09. The molecule has 0 aliphatic carbocycles. The minimum Gasteiger partial charge on any atom is -0.383 e. The van der Waals surface area contributed by atoms with Crippen LogP contribution in [0.2, 0.25) is 0 Å². The number of hydrogen-bond donors (Lipinski definition) is 2. The summed E-state index contributed by atoms with van der Waals surface area (Å²) in [6.07, 6.45) is 2.22. The molecule has 1 aliphatic heterocycles. The van der Waals surface area contributed by atoms with E-state index in [1.54, 1.807) is 7.11 Å². The normalized spacial score (nSPS) is 20.2. The molecule has 17 heavy (non-hydrogen) atoms. The smallest absolute Gasteiger partial charge is 0.253 e. The standard InChI is InChI=1S/C11H23N3O3/c1-3-17-9-4-6-14(7-5-9)10(8-16-2)11(15)13-12/h9-10H,3-8,12H2,1-2H3,(H,13,15). The van der Waals surface area contributed by atoms with E-state index in [9.17, 15) is 4.79 Å². The Morgan fingerprint density at radius 1 is 1.53 bits per heavy atom. The zero-order chi connectivity index (χ0) is 12.7. The summed E-state index contributed by atoms with van der Waals surface area (Å²) in [5, 5.41) is 0. The van der Waals surface area contributed by atoms with Crippen LogP contribution in [0, 0.1) is 0 Å². The molecule has 3 N–H and O–H groups in total. The van der Waals surface area contributed by atoms with Gasteiger partial charge < -0.3 is 9.47 Å². The quantitative estimate of drug-likeness (QED) is 0.374. The molecule has 1 atom stereocenters. The number of likely N-dealkylation sites (tertiary alicyclic amines) is 1. The first kappa shape index (κ1) is 14.4. The van der Waals surface area contributed by atoms with E-state index in [4.69, 9.17) is 15.3 Å². The van der Waals surface area contributed by atoms with Crippen molar-refractivity contribution in [2.45, 2.75) is 31.9 Å². The number of amides is 1. The van der Waals surface area contributed by atoms with Crippen molar-refractivity contribution in [3.8, 4) is 0 Å². The second kappa shape index (κ2) is 7.60. The largest absolute Gasteiger partial charge is 0.383 e. The third-order valence-electron chi connectivity index (χ3n) is 3.09. The lowest BCUT2D eigenvalue weighted by Gasteiger charge is -2.36. The number of nitrogens with zero attached hydrogens (tertiary/aromatic N) is 1. The van der Waals surface area contributed by atoms with Gasteiger partial charge >= 0.3 is 0 Å². The molecule has 0 aromatic heterocycles. The molecule has 0 saturated carbocycles. The number of rotatable bonds is 6. The summed E-state index contributed by atoms with van der Waals surface area (Å²) in [5.74, 6) is 4.99. The summed E-state index contributed by atoms with van der Waals surface area (Å²) < 4.78 is 10.6. The van der Waals surface area contributed by atoms with Crippen molar-refractivity contribution >= 4 is 5.91 Å².